The summed E-state index contributed by atoms with van der Waals surface area (Å²) in [5.41, 5.74) is 0.158. The molecule has 0 spiro atoms. The summed E-state index contributed by atoms with van der Waals surface area (Å²) >= 11 is 0. The van der Waals surface area contributed by atoms with Gasteiger partial charge in [0.05, 0.1) is 30.6 Å². The molecule has 1 fully saturated rings. The molecule has 0 radical (unpaired) electrons. The second kappa shape index (κ2) is 12.1. The summed E-state index contributed by atoms with van der Waals surface area (Å²) in [6, 6.07) is 3.25. The number of fused-ring (bicyclic) bond motifs is 1. The number of aryl methyl sites for hydroxylation is 1. The number of nitrogens with one attached hydrogen (secondary N) is 2. The largest absolute Gasteiger partial charge is 0.419 e. The first-order valence-electron chi connectivity index (χ1n) is 14.2. The van der Waals surface area contributed by atoms with Crippen LogP contribution in [0.25, 0.3) is 11.0 Å². The molecule has 1 aliphatic rings. The lowest BCUT2D eigenvalue weighted by molar-refractivity contribution is -0.139. The number of nitrogens with zero attached hydrogens (tertiary/aromatic N) is 4. The Kier molecular flexibility index (Phi) is 8.98. The number of carbonyl (C=O) groups excluding carboxylic acids is 2. The Bertz CT molecular complexity index is 1460. The van der Waals surface area contributed by atoms with E-state index in [1.54, 1.807) is 10.9 Å². The Labute approximate surface area is 240 Å². The van der Waals surface area contributed by atoms with E-state index in [0.29, 0.717) is 6.54 Å². The quantitative estimate of drug-likeness (QED) is 0.282. The van der Waals surface area contributed by atoms with E-state index in [0.717, 1.165) is 42.3 Å². The van der Waals surface area contributed by atoms with Gasteiger partial charge >= 0.3 is 5.97 Å². The van der Waals surface area contributed by atoms with Crippen molar-refractivity contribution in [3.05, 3.63) is 52.2 Å². The summed E-state index contributed by atoms with van der Waals surface area (Å²) in [6.45, 7) is 12.1. The van der Waals surface area contributed by atoms with E-state index >= 15 is 0 Å². The van der Waals surface area contributed by atoms with Crippen LogP contribution in [0.4, 0.5) is 0 Å². The van der Waals surface area contributed by atoms with Crippen LogP contribution >= 0.6 is 0 Å². The Morgan fingerprint density at radius 3 is 2.51 bits per heavy atom. The molecule has 0 saturated heterocycles. The fourth-order valence-corrected chi connectivity index (χ4v) is 5.44. The monoisotopic (exact) mass is 566 g/mol. The van der Waals surface area contributed by atoms with Crippen LogP contribution in [0.1, 0.15) is 76.4 Å². The SMILES string of the molecule is CNC(=O)c1nn(CC2(n3cc(C)c4cccnc43)CCCC2)cc(OC(=O)C(NCOC(C)(C)C)C(C)C)c1=O. The van der Waals surface area contributed by atoms with Gasteiger partial charge in [0.25, 0.3) is 11.3 Å². The van der Waals surface area contributed by atoms with Gasteiger partial charge in [-0.2, -0.15) is 5.10 Å². The zero-order valence-corrected chi connectivity index (χ0v) is 25.1. The van der Waals surface area contributed by atoms with E-state index in [1.165, 1.54) is 13.2 Å². The van der Waals surface area contributed by atoms with Crippen molar-refractivity contribution in [2.24, 2.45) is 5.92 Å². The van der Waals surface area contributed by atoms with Crippen molar-refractivity contribution in [2.75, 3.05) is 13.8 Å². The molecule has 3 aromatic heterocycles. The van der Waals surface area contributed by atoms with Crippen LogP contribution in [0, 0.1) is 12.8 Å². The van der Waals surface area contributed by atoms with E-state index in [4.69, 9.17) is 9.47 Å². The number of amides is 1. The van der Waals surface area contributed by atoms with Crippen LogP contribution in [0.15, 0.2) is 35.5 Å². The lowest BCUT2D eigenvalue weighted by Crippen LogP contribution is -2.46. The number of hydrogen-bond acceptors (Lipinski definition) is 8. The first-order chi connectivity index (χ1) is 19.3. The lowest BCUT2D eigenvalue weighted by atomic mass is 9.97. The van der Waals surface area contributed by atoms with E-state index in [2.05, 4.69) is 44.5 Å². The molecule has 222 valence electrons. The van der Waals surface area contributed by atoms with Crippen molar-refractivity contribution >= 4 is 22.9 Å². The van der Waals surface area contributed by atoms with E-state index in [9.17, 15) is 14.4 Å². The fourth-order valence-electron chi connectivity index (χ4n) is 5.44. The molecule has 41 heavy (non-hydrogen) atoms. The lowest BCUT2D eigenvalue weighted by Gasteiger charge is -2.32. The van der Waals surface area contributed by atoms with Crippen LogP contribution in [0.5, 0.6) is 5.75 Å². The first-order valence-corrected chi connectivity index (χ1v) is 14.2. The third-order valence-electron chi connectivity index (χ3n) is 7.58. The van der Waals surface area contributed by atoms with Crippen LogP contribution in [0.2, 0.25) is 0 Å². The minimum Gasteiger partial charge on any atom is -0.419 e. The molecule has 0 aromatic carbocycles. The van der Waals surface area contributed by atoms with E-state index < -0.39 is 28.9 Å². The topological polar surface area (TPSA) is 129 Å². The maximum Gasteiger partial charge on any atom is 0.329 e. The molecule has 0 bridgehead atoms. The molecule has 4 rings (SSSR count). The number of carbonyl (C=O) groups is 2. The van der Waals surface area contributed by atoms with Crippen molar-refractivity contribution in [3.8, 4) is 5.75 Å². The highest BCUT2D eigenvalue weighted by molar-refractivity contribution is 5.92. The van der Waals surface area contributed by atoms with Gasteiger partial charge in [0.1, 0.15) is 11.7 Å². The number of esters is 1. The van der Waals surface area contributed by atoms with Gasteiger partial charge in [-0.3, -0.25) is 19.6 Å². The standard InChI is InChI=1S/C30H42N6O5/c1-19(2)23(33-18-40-29(4,5)6)28(39)41-22-16-35(34-24(25(22)37)27(38)31-7)17-30(12-8-9-13-30)36-15-20(3)21-11-10-14-32-26(21)36/h10-11,14-16,19,23,33H,8-9,12-13,17-18H2,1-7H3,(H,31,38). The Morgan fingerprint density at radius 2 is 1.88 bits per heavy atom. The molecule has 11 heteroatoms. The molecule has 3 aromatic rings. The summed E-state index contributed by atoms with van der Waals surface area (Å²) in [5.74, 6) is -1.68. The van der Waals surface area contributed by atoms with Crippen molar-refractivity contribution in [2.45, 2.75) is 91.0 Å². The second-order valence-electron chi connectivity index (χ2n) is 12.2. The molecule has 3 heterocycles. The number of hydrogen-bond donors (Lipinski definition) is 2. The Balaban J connectivity index is 1.70. The Hall–Kier alpha value is -3.57. The summed E-state index contributed by atoms with van der Waals surface area (Å²) < 4.78 is 15.2. The van der Waals surface area contributed by atoms with Crippen LogP contribution in [0.3, 0.4) is 0 Å². The first kappa shape index (κ1) is 30.4. The molecule has 1 unspecified atom stereocenters. The van der Waals surface area contributed by atoms with Crippen molar-refractivity contribution < 1.29 is 19.1 Å². The summed E-state index contributed by atoms with van der Waals surface area (Å²) in [4.78, 5) is 43.9. The molecule has 1 atom stereocenters. The zero-order valence-electron chi connectivity index (χ0n) is 25.1. The predicted octanol–water partition coefficient (Wildman–Crippen LogP) is 3.52. The molecule has 1 aliphatic carbocycles. The van der Waals surface area contributed by atoms with Gasteiger partial charge in [0, 0.05) is 24.8 Å². The Morgan fingerprint density at radius 1 is 1.17 bits per heavy atom. The van der Waals surface area contributed by atoms with Crippen molar-refractivity contribution in [1.82, 2.24) is 30.0 Å². The minimum atomic E-state index is -0.744. The summed E-state index contributed by atoms with van der Waals surface area (Å²) in [5, 5.41) is 11.0. The zero-order chi connectivity index (χ0) is 29.9. The maximum absolute atomic E-state index is 13.3. The predicted molar refractivity (Wildman–Crippen MR) is 156 cm³/mol. The number of rotatable bonds is 10. The highest BCUT2D eigenvalue weighted by atomic mass is 16.5. The number of ether oxygens (including phenoxy) is 2. The highest BCUT2D eigenvalue weighted by Gasteiger charge is 2.38. The minimum absolute atomic E-state index is 0.131. The van der Waals surface area contributed by atoms with Gasteiger partial charge < -0.3 is 19.4 Å². The molecular weight excluding hydrogens is 524 g/mol. The molecule has 1 saturated carbocycles. The third kappa shape index (κ3) is 6.68. The van der Waals surface area contributed by atoms with Crippen molar-refractivity contribution in [1.29, 1.82) is 0 Å². The van der Waals surface area contributed by atoms with Crippen molar-refractivity contribution in [3.63, 3.8) is 0 Å². The number of pyridine rings is 1. The van der Waals surface area contributed by atoms with Gasteiger partial charge in [-0.05, 0) is 64.2 Å². The van der Waals surface area contributed by atoms with E-state index in [-0.39, 0.29) is 29.6 Å². The summed E-state index contributed by atoms with van der Waals surface area (Å²) in [7, 11) is 1.43. The smallest absolute Gasteiger partial charge is 0.329 e. The van der Waals surface area contributed by atoms with E-state index in [1.807, 2.05) is 40.7 Å². The molecule has 0 aliphatic heterocycles. The molecule has 1 amide bonds. The highest BCUT2D eigenvalue weighted by Crippen LogP contribution is 2.41. The normalized spacial score (nSPS) is 15.8. The average Bonchev–Trinajstić information content (AvgIpc) is 3.52. The second-order valence-corrected chi connectivity index (χ2v) is 12.2. The average molecular weight is 567 g/mol. The van der Waals surface area contributed by atoms with Crippen LogP contribution < -0.4 is 20.8 Å². The van der Waals surface area contributed by atoms with Gasteiger partial charge in [0.15, 0.2) is 11.4 Å². The van der Waals surface area contributed by atoms with Gasteiger partial charge in [-0.25, -0.2) is 9.78 Å². The maximum atomic E-state index is 13.3. The van der Waals surface area contributed by atoms with Gasteiger partial charge in [-0.1, -0.05) is 26.7 Å². The summed E-state index contributed by atoms with van der Waals surface area (Å²) in [6.07, 6.45) is 9.12. The molecular formula is C30H42N6O5. The molecule has 11 nitrogen and oxygen atoms in total. The van der Waals surface area contributed by atoms with Crippen LogP contribution in [-0.4, -0.2) is 56.6 Å². The van der Waals surface area contributed by atoms with Gasteiger partial charge in [-0.15, -0.1) is 0 Å². The molecule has 2 N–H and O–H groups in total. The third-order valence-corrected chi connectivity index (χ3v) is 7.58. The van der Waals surface area contributed by atoms with Crippen LogP contribution in [-0.2, 0) is 21.6 Å². The fraction of sp³-hybridized carbons (Fsp3) is 0.567. The number of aromatic nitrogens is 4. The van der Waals surface area contributed by atoms with Gasteiger partial charge in [0.2, 0.25) is 0 Å².